The van der Waals surface area contributed by atoms with Crippen molar-refractivity contribution in [2.24, 2.45) is 13.0 Å². The van der Waals surface area contributed by atoms with Gasteiger partial charge in [-0.25, -0.2) is 0 Å². The third-order valence-electron chi connectivity index (χ3n) is 1.91. The first kappa shape index (κ1) is 11.2. The van der Waals surface area contributed by atoms with Gasteiger partial charge in [0, 0.05) is 19.7 Å². The number of aromatic nitrogens is 2. The smallest absolute Gasteiger partial charge is 0.323 e. The van der Waals surface area contributed by atoms with Gasteiger partial charge in [-0.1, -0.05) is 0 Å². The highest BCUT2D eigenvalue weighted by atomic mass is 16.5. The van der Waals surface area contributed by atoms with Crippen molar-refractivity contribution in [3.8, 4) is 6.07 Å². The number of nitrogens with zero attached hydrogens (tertiary/aromatic N) is 3. The van der Waals surface area contributed by atoms with Crippen molar-refractivity contribution in [1.82, 2.24) is 9.78 Å². The van der Waals surface area contributed by atoms with Crippen LogP contribution in [-0.4, -0.2) is 22.4 Å². The Labute approximate surface area is 88.3 Å². The zero-order valence-electron chi connectivity index (χ0n) is 8.80. The van der Waals surface area contributed by atoms with E-state index in [0.29, 0.717) is 13.0 Å². The van der Waals surface area contributed by atoms with E-state index in [2.05, 4.69) is 5.10 Å². The van der Waals surface area contributed by atoms with Crippen LogP contribution in [0.3, 0.4) is 0 Å². The second-order valence-corrected chi connectivity index (χ2v) is 3.12. The molecule has 1 rings (SSSR count). The van der Waals surface area contributed by atoms with Crippen LogP contribution in [0.4, 0.5) is 0 Å². The highest BCUT2D eigenvalue weighted by Crippen LogP contribution is 2.07. The van der Waals surface area contributed by atoms with Gasteiger partial charge in [0.05, 0.1) is 18.4 Å². The minimum absolute atomic E-state index is 0.291. The van der Waals surface area contributed by atoms with Crippen molar-refractivity contribution in [2.45, 2.75) is 13.3 Å². The summed E-state index contributed by atoms with van der Waals surface area (Å²) in [6.45, 7) is 2.01. The van der Waals surface area contributed by atoms with Crippen LogP contribution in [0.1, 0.15) is 12.6 Å². The molecule has 0 spiro atoms. The van der Waals surface area contributed by atoms with E-state index >= 15 is 0 Å². The maximum atomic E-state index is 11.3. The molecular formula is C10H13N3O2. The molecular weight excluding hydrogens is 194 g/mol. The van der Waals surface area contributed by atoms with Crippen LogP contribution < -0.4 is 0 Å². The van der Waals surface area contributed by atoms with E-state index in [0.717, 1.165) is 5.69 Å². The topological polar surface area (TPSA) is 67.9 Å². The second-order valence-electron chi connectivity index (χ2n) is 3.12. The lowest BCUT2D eigenvalue weighted by Gasteiger charge is -2.05. The third kappa shape index (κ3) is 3.09. The van der Waals surface area contributed by atoms with E-state index in [4.69, 9.17) is 10.00 Å². The van der Waals surface area contributed by atoms with Gasteiger partial charge >= 0.3 is 5.97 Å². The van der Waals surface area contributed by atoms with Crippen LogP contribution in [0, 0.1) is 17.2 Å². The van der Waals surface area contributed by atoms with Gasteiger partial charge in [0.1, 0.15) is 5.92 Å². The summed E-state index contributed by atoms with van der Waals surface area (Å²) in [5.74, 6) is -1.24. The highest BCUT2D eigenvalue weighted by Gasteiger charge is 2.20. The molecule has 0 fully saturated rings. The van der Waals surface area contributed by atoms with Crippen LogP contribution in [0.2, 0.25) is 0 Å². The maximum Gasteiger partial charge on any atom is 0.323 e. The quantitative estimate of drug-likeness (QED) is 0.680. The Hall–Kier alpha value is -1.83. The molecule has 80 valence electrons. The molecule has 5 heteroatoms. The van der Waals surface area contributed by atoms with Gasteiger partial charge in [-0.15, -0.1) is 0 Å². The molecule has 0 aliphatic rings. The van der Waals surface area contributed by atoms with Crippen LogP contribution in [-0.2, 0) is 23.0 Å². The van der Waals surface area contributed by atoms with Crippen molar-refractivity contribution >= 4 is 5.97 Å². The number of hydrogen-bond donors (Lipinski definition) is 0. The lowest BCUT2D eigenvalue weighted by Crippen LogP contribution is -2.18. The zero-order valence-corrected chi connectivity index (χ0v) is 8.80. The fourth-order valence-corrected chi connectivity index (χ4v) is 1.21. The lowest BCUT2D eigenvalue weighted by molar-refractivity contribution is -0.145. The largest absolute Gasteiger partial charge is 0.465 e. The summed E-state index contributed by atoms with van der Waals surface area (Å²) in [5, 5.41) is 12.9. The van der Waals surface area contributed by atoms with E-state index in [-0.39, 0.29) is 0 Å². The van der Waals surface area contributed by atoms with E-state index in [1.54, 1.807) is 30.9 Å². The molecule has 0 aromatic carbocycles. The number of carbonyl (C=O) groups excluding carboxylic acids is 1. The van der Waals surface area contributed by atoms with Crippen LogP contribution >= 0.6 is 0 Å². The first-order valence-corrected chi connectivity index (χ1v) is 4.72. The standard InChI is InChI=1S/C10H13N3O2/c1-3-15-10(14)8(7-11)6-9-4-5-13(2)12-9/h4-5,8H,3,6H2,1-2H3. The molecule has 1 heterocycles. The normalized spacial score (nSPS) is 11.8. The molecule has 0 N–H and O–H groups in total. The fourth-order valence-electron chi connectivity index (χ4n) is 1.21. The first-order chi connectivity index (χ1) is 7.17. The molecule has 15 heavy (non-hydrogen) atoms. The third-order valence-corrected chi connectivity index (χ3v) is 1.91. The van der Waals surface area contributed by atoms with Gasteiger partial charge in [-0.3, -0.25) is 9.48 Å². The Morgan fingerprint density at radius 3 is 3.00 bits per heavy atom. The van der Waals surface area contributed by atoms with E-state index < -0.39 is 11.9 Å². The van der Waals surface area contributed by atoms with Crippen molar-refractivity contribution in [2.75, 3.05) is 6.61 Å². The summed E-state index contributed by atoms with van der Waals surface area (Å²) >= 11 is 0. The average Bonchev–Trinajstić information content (AvgIpc) is 2.61. The first-order valence-electron chi connectivity index (χ1n) is 4.72. The summed E-state index contributed by atoms with van der Waals surface area (Å²) in [7, 11) is 1.79. The van der Waals surface area contributed by atoms with Crippen LogP contribution in [0.5, 0.6) is 0 Å². The van der Waals surface area contributed by atoms with Crippen molar-refractivity contribution < 1.29 is 9.53 Å². The molecule has 5 nitrogen and oxygen atoms in total. The monoisotopic (exact) mass is 207 g/mol. The molecule has 0 aliphatic carbocycles. The molecule has 1 aromatic rings. The zero-order chi connectivity index (χ0) is 11.3. The Morgan fingerprint density at radius 1 is 1.80 bits per heavy atom. The molecule has 1 unspecified atom stereocenters. The van der Waals surface area contributed by atoms with Crippen molar-refractivity contribution in [3.63, 3.8) is 0 Å². The predicted octanol–water partition coefficient (Wildman–Crippen LogP) is 0.665. The summed E-state index contributed by atoms with van der Waals surface area (Å²) in [5.41, 5.74) is 0.720. The summed E-state index contributed by atoms with van der Waals surface area (Å²) < 4.78 is 6.41. The van der Waals surface area contributed by atoms with Crippen molar-refractivity contribution in [3.05, 3.63) is 18.0 Å². The van der Waals surface area contributed by atoms with E-state index in [1.807, 2.05) is 6.07 Å². The van der Waals surface area contributed by atoms with Gasteiger partial charge in [-0.2, -0.15) is 10.4 Å². The summed E-state index contributed by atoms with van der Waals surface area (Å²) in [6, 6.07) is 3.70. The average molecular weight is 207 g/mol. The molecule has 0 amide bonds. The molecule has 0 saturated heterocycles. The Bertz CT molecular complexity index is 378. The number of hydrogen-bond acceptors (Lipinski definition) is 4. The molecule has 0 saturated carbocycles. The van der Waals surface area contributed by atoms with E-state index in [1.165, 1.54) is 0 Å². The molecule has 0 aliphatic heterocycles. The Balaban J connectivity index is 2.62. The highest BCUT2D eigenvalue weighted by molar-refractivity contribution is 5.75. The molecule has 0 radical (unpaired) electrons. The minimum Gasteiger partial charge on any atom is -0.465 e. The Morgan fingerprint density at radius 2 is 2.53 bits per heavy atom. The van der Waals surface area contributed by atoms with Gasteiger partial charge in [0.15, 0.2) is 0 Å². The number of rotatable bonds is 4. The molecule has 1 atom stereocenters. The van der Waals surface area contributed by atoms with Gasteiger partial charge < -0.3 is 4.74 Å². The molecule has 1 aromatic heterocycles. The lowest BCUT2D eigenvalue weighted by atomic mass is 10.1. The predicted molar refractivity (Wildman–Crippen MR) is 52.6 cm³/mol. The SMILES string of the molecule is CCOC(=O)C(C#N)Cc1ccn(C)n1. The fraction of sp³-hybridized carbons (Fsp3) is 0.500. The van der Waals surface area contributed by atoms with Gasteiger partial charge in [0.2, 0.25) is 0 Å². The molecule has 0 bridgehead atoms. The van der Waals surface area contributed by atoms with Crippen molar-refractivity contribution in [1.29, 1.82) is 5.26 Å². The summed E-state index contributed by atoms with van der Waals surface area (Å²) in [6.07, 6.45) is 2.07. The number of aryl methyl sites for hydroxylation is 1. The van der Waals surface area contributed by atoms with Gasteiger partial charge in [0.25, 0.3) is 0 Å². The van der Waals surface area contributed by atoms with Crippen LogP contribution in [0.25, 0.3) is 0 Å². The second kappa shape index (κ2) is 5.15. The minimum atomic E-state index is -0.764. The maximum absolute atomic E-state index is 11.3. The number of nitriles is 1. The number of esters is 1. The Kier molecular flexibility index (Phi) is 3.86. The number of ether oxygens (including phenoxy) is 1. The summed E-state index contributed by atoms with van der Waals surface area (Å²) in [4.78, 5) is 11.3. The van der Waals surface area contributed by atoms with Crippen LogP contribution in [0.15, 0.2) is 12.3 Å². The number of carbonyl (C=O) groups is 1. The van der Waals surface area contributed by atoms with Gasteiger partial charge in [-0.05, 0) is 13.0 Å². The van der Waals surface area contributed by atoms with E-state index in [9.17, 15) is 4.79 Å².